The Labute approximate surface area is 244 Å². The minimum absolute atomic E-state index is 0.00540. The lowest BCUT2D eigenvalue weighted by atomic mass is 9.98. The fourth-order valence-corrected chi connectivity index (χ4v) is 5.03. The first-order chi connectivity index (χ1) is 20.0. The SMILES string of the molecule is C/C=C\C(=C/C)N1Cc2ccccc2C=C1C(C)N=C(CC(=O)N(CNCc1ccc(OC)cc1)C1CC1)N=CN. The van der Waals surface area contributed by atoms with Crippen LogP contribution in [0.25, 0.3) is 6.08 Å². The molecular weight excluding hydrogens is 512 g/mol. The van der Waals surface area contributed by atoms with Crippen LogP contribution in [0.5, 0.6) is 5.75 Å². The minimum Gasteiger partial charge on any atom is -0.497 e. The number of amidine groups is 1. The molecule has 3 N–H and O–H groups in total. The number of carbonyl (C=O) groups excluding carboxylic acids is 1. The molecule has 0 aromatic heterocycles. The van der Waals surface area contributed by atoms with Crippen molar-refractivity contribution in [3.8, 4) is 5.75 Å². The predicted octanol–water partition coefficient (Wildman–Crippen LogP) is 5.23. The molecule has 0 radical (unpaired) electrons. The van der Waals surface area contributed by atoms with E-state index < -0.39 is 0 Å². The molecule has 2 aromatic carbocycles. The third-order valence-corrected chi connectivity index (χ3v) is 7.33. The van der Waals surface area contributed by atoms with Gasteiger partial charge in [0.25, 0.3) is 0 Å². The van der Waals surface area contributed by atoms with Gasteiger partial charge < -0.3 is 20.3 Å². The van der Waals surface area contributed by atoms with Gasteiger partial charge in [0, 0.05) is 30.5 Å². The normalized spacial score (nSPS) is 16.6. The summed E-state index contributed by atoms with van der Waals surface area (Å²) in [6.07, 6.45) is 11.8. The molecule has 216 valence electrons. The van der Waals surface area contributed by atoms with Crippen molar-refractivity contribution in [2.24, 2.45) is 15.7 Å². The highest BCUT2D eigenvalue weighted by molar-refractivity contribution is 6.02. The van der Waals surface area contributed by atoms with Crippen molar-refractivity contribution in [1.29, 1.82) is 0 Å². The summed E-state index contributed by atoms with van der Waals surface area (Å²) in [4.78, 5) is 26.9. The summed E-state index contributed by atoms with van der Waals surface area (Å²) in [7, 11) is 1.66. The van der Waals surface area contributed by atoms with Crippen LogP contribution in [0.4, 0.5) is 0 Å². The summed E-state index contributed by atoms with van der Waals surface area (Å²) in [5.41, 5.74) is 11.4. The van der Waals surface area contributed by atoms with Gasteiger partial charge in [-0.2, -0.15) is 0 Å². The Morgan fingerprint density at radius 3 is 2.61 bits per heavy atom. The summed E-state index contributed by atoms with van der Waals surface area (Å²) in [5, 5.41) is 3.42. The van der Waals surface area contributed by atoms with Crippen LogP contribution in [0.15, 0.2) is 88.1 Å². The second kappa shape index (κ2) is 14.5. The van der Waals surface area contributed by atoms with Crippen LogP contribution in [0.1, 0.15) is 56.7 Å². The number of carbonyl (C=O) groups is 1. The summed E-state index contributed by atoms with van der Waals surface area (Å²) < 4.78 is 5.24. The summed E-state index contributed by atoms with van der Waals surface area (Å²) in [6, 6.07) is 16.3. The lowest BCUT2D eigenvalue weighted by molar-refractivity contribution is -0.130. The van der Waals surface area contributed by atoms with E-state index >= 15 is 0 Å². The summed E-state index contributed by atoms with van der Waals surface area (Å²) >= 11 is 0. The standard InChI is InChI=1S/C33H42N6O2/c1-5-9-28(6-2)38-21-27-11-8-7-10-26(27)18-31(38)24(3)37-32(36-22-34)19-33(40)39(29-14-15-29)23-35-20-25-12-16-30(41-4)17-13-25/h5-13,16-18,22,24,29,35H,14-15,19-21,23H2,1-4H3,(H2,34,36,37)/b9-5-,28-6+. The molecule has 1 aliphatic heterocycles. The molecule has 4 rings (SSSR count). The van der Waals surface area contributed by atoms with Crippen LogP contribution < -0.4 is 15.8 Å². The molecule has 1 amide bonds. The third kappa shape index (κ3) is 7.95. The number of aliphatic imine (C=N–C) groups is 2. The van der Waals surface area contributed by atoms with E-state index in [1.165, 1.54) is 17.5 Å². The van der Waals surface area contributed by atoms with E-state index in [9.17, 15) is 4.79 Å². The van der Waals surface area contributed by atoms with E-state index in [-0.39, 0.29) is 24.4 Å². The van der Waals surface area contributed by atoms with Crippen LogP contribution in [0, 0.1) is 0 Å². The van der Waals surface area contributed by atoms with Gasteiger partial charge in [0.1, 0.15) is 11.6 Å². The molecule has 2 aromatic rings. The van der Waals surface area contributed by atoms with E-state index in [0.717, 1.165) is 42.1 Å². The van der Waals surface area contributed by atoms with Gasteiger partial charge in [0.2, 0.25) is 5.91 Å². The Balaban J connectivity index is 1.49. The zero-order valence-corrected chi connectivity index (χ0v) is 24.6. The first-order valence-corrected chi connectivity index (χ1v) is 14.3. The van der Waals surface area contributed by atoms with Crippen molar-refractivity contribution >= 4 is 24.2 Å². The van der Waals surface area contributed by atoms with Crippen molar-refractivity contribution < 1.29 is 9.53 Å². The van der Waals surface area contributed by atoms with Gasteiger partial charge >= 0.3 is 0 Å². The highest BCUT2D eigenvalue weighted by Crippen LogP contribution is 2.32. The number of nitrogens with two attached hydrogens (primary N) is 1. The molecule has 1 atom stereocenters. The summed E-state index contributed by atoms with van der Waals surface area (Å²) in [6.45, 7) is 7.97. The van der Waals surface area contributed by atoms with Crippen molar-refractivity contribution in [2.45, 2.75) is 65.2 Å². The molecule has 8 nitrogen and oxygen atoms in total. The van der Waals surface area contributed by atoms with Crippen molar-refractivity contribution in [1.82, 2.24) is 15.1 Å². The number of benzene rings is 2. The van der Waals surface area contributed by atoms with E-state index in [1.807, 2.05) is 56.0 Å². The topological polar surface area (TPSA) is 95.5 Å². The minimum atomic E-state index is -0.238. The van der Waals surface area contributed by atoms with Crippen LogP contribution in [0.2, 0.25) is 0 Å². The number of amides is 1. The molecule has 8 heteroatoms. The number of rotatable bonds is 12. The molecule has 2 aliphatic rings. The van der Waals surface area contributed by atoms with E-state index in [0.29, 0.717) is 19.0 Å². The molecule has 1 fully saturated rings. The highest BCUT2D eigenvalue weighted by Gasteiger charge is 2.33. The zero-order chi connectivity index (χ0) is 29.2. The number of allylic oxidation sites excluding steroid dienone is 3. The van der Waals surface area contributed by atoms with Gasteiger partial charge in [-0.25, -0.2) is 4.99 Å². The first-order valence-electron chi connectivity index (χ1n) is 14.3. The Morgan fingerprint density at radius 1 is 1.20 bits per heavy atom. The second-order valence-corrected chi connectivity index (χ2v) is 10.3. The first kappa shape index (κ1) is 29.8. The van der Waals surface area contributed by atoms with E-state index in [2.05, 4.69) is 57.7 Å². The molecule has 0 spiro atoms. The number of hydrogen-bond donors (Lipinski definition) is 2. The van der Waals surface area contributed by atoms with Crippen LogP contribution in [-0.4, -0.2) is 53.7 Å². The van der Waals surface area contributed by atoms with Crippen LogP contribution in [-0.2, 0) is 17.9 Å². The Morgan fingerprint density at radius 2 is 1.95 bits per heavy atom. The lowest BCUT2D eigenvalue weighted by Crippen LogP contribution is -2.41. The Bertz CT molecular complexity index is 1340. The third-order valence-electron chi connectivity index (χ3n) is 7.33. The van der Waals surface area contributed by atoms with Gasteiger partial charge in [0.05, 0.1) is 32.6 Å². The molecule has 1 heterocycles. The smallest absolute Gasteiger partial charge is 0.231 e. The monoisotopic (exact) mass is 554 g/mol. The zero-order valence-electron chi connectivity index (χ0n) is 24.6. The van der Waals surface area contributed by atoms with Gasteiger partial charge in [0.15, 0.2) is 0 Å². The van der Waals surface area contributed by atoms with Crippen molar-refractivity contribution in [2.75, 3.05) is 13.8 Å². The number of hydrogen-bond acceptors (Lipinski definition) is 5. The maximum Gasteiger partial charge on any atom is 0.231 e. The number of nitrogens with one attached hydrogen (secondary N) is 1. The Kier molecular flexibility index (Phi) is 10.5. The maximum atomic E-state index is 13.5. The Hall–Kier alpha value is -4.17. The lowest BCUT2D eigenvalue weighted by Gasteiger charge is -2.34. The molecule has 0 bridgehead atoms. The molecular formula is C33H42N6O2. The van der Waals surface area contributed by atoms with Crippen molar-refractivity contribution in [3.63, 3.8) is 0 Å². The second-order valence-electron chi connectivity index (χ2n) is 10.3. The van der Waals surface area contributed by atoms with Crippen molar-refractivity contribution in [3.05, 3.63) is 94.8 Å². The average Bonchev–Trinajstić information content (AvgIpc) is 3.83. The van der Waals surface area contributed by atoms with Gasteiger partial charge in [-0.05, 0) is 74.6 Å². The predicted molar refractivity (Wildman–Crippen MR) is 167 cm³/mol. The maximum absolute atomic E-state index is 13.5. The molecule has 41 heavy (non-hydrogen) atoms. The summed E-state index contributed by atoms with van der Waals surface area (Å²) in [5.74, 6) is 1.25. The number of nitrogens with zero attached hydrogens (tertiary/aromatic N) is 4. The largest absolute Gasteiger partial charge is 0.497 e. The van der Waals surface area contributed by atoms with Gasteiger partial charge in [-0.3, -0.25) is 15.1 Å². The fourth-order valence-electron chi connectivity index (χ4n) is 5.03. The average molecular weight is 555 g/mol. The van der Waals surface area contributed by atoms with E-state index in [1.54, 1.807) is 7.11 Å². The molecule has 0 saturated heterocycles. The van der Waals surface area contributed by atoms with Gasteiger partial charge in [-0.1, -0.05) is 48.6 Å². The molecule has 1 aliphatic carbocycles. The molecule has 1 saturated carbocycles. The number of fused-ring (bicyclic) bond motifs is 1. The van der Waals surface area contributed by atoms with E-state index in [4.69, 9.17) is 15.5 Å². The fraction of sp³-hybridized carbons (Fsp3) is 0.364. The molecule has 1 unspecified atom stereocenters. The quantitative estimate of drug-likeness (QED) is 0.162. The van der Waals surface area contributed by atoms with Crippen LogP contribution >= 0.6 is 0 Å². The van der Waals surface area contributed by atoms with Gasteiger partial charge in [-0.15, -0.1) is 0 Å². The van der Waals surface area contributed by atoms with Crippen LogP contribution in [0.3, 0.4) is 0 Å². The highest BCUT2D eigenvalue weighted by atomic mass is 16.5. The number of methoxy groups -OCH3 is 1. The number of ether oxygens (including phenoxy) is 1.